The summed E-state index contributed by atoms with van der Waals surface area (Å²) in [6.07, 6.45) is 0. The van der Waals surface area contributed by atoms with Gasteiger partial charge in [-0.2, -0.15) is 0 Å². The zero-order valence-corrected chi connectivity index (χ0v) is 9.44. The van der Waals surface area contributed by atoms with E-state index in [9.17, 15) is 0 Å². The molecule has 0 spiro atoms. The van der Waals surface area contributed by atoms with Gasteiger partial charge in [0.25, 0.3) is 0 Å². The smallest absolute Gasteiger partial charge is 0.0166 e. The van der Waals surface area contributed by atoms with Crippen LogP contribution in [0.1, 0.15) is 34.6 Å². The third-order valence-corrected chi connectivity index (χ3v) is 2.91. The molecule has 0 heterocycles. The SMILES string of the molecule is C=C(C)/C(P)=C(\C)C(C)(C)C. The number of rotatable bonds is 1. The molecule has 1 unspecified atom stereocenters. The number of allylic oxidation sites excluding steroid dienone is 3. The molecule has 0 aromatic rings. The summed E-state index contributed by atoms with van der Waals surface area (Å²) in [6.45, 7) is 14.8. The molecule has 64 valence electrons. The van der Waals surface area contributed by atoms with E-state index in [0.29, 0.717) is 0 Å². The largest absolute Gasteiger partial charge is 0.105 e. The van der Waals surface area contributed by atoms with Gasteiger partial charge < -0.3 is 0 Å². The molecule has 1 atom stereocenters. The summed E-state index contributed by atoms with van der Waals surface area (Å²) in [6, 6.07) is 0. The Hall–Kier alpha value is -0.0900. The lowest BCUT2D eigenvalue weighted by Crippen LogP contribution is -2.07. The highest BCUT2D eigenvalue weighted by atomic mass is 31.0. The zero-order chi connectivity index (χ0) is 9.23. The molecule has 1 heteroatoms. The van der Waals surface area contributed by atoms with Crippen molar-refractivity contribution in [1.29, 1.82) is 0 Å². The van der Waals surface area contributed by atoms with Gasteiger partial charge in [0.2, 0.25) is 0 Å². The first-order chi connectivity index (χ1) is 4.76. The van der Waals surface area contributed by atoms with E-state index in [1.54, 1.807) is 0 Å². The highest BCUT2D eigenvalue weighted by Gasteiger charge is 2.14. The van der Waals surface area contributed by atoms with Crippen LogP contribution in [0.5, 0.6) is 0 Å². The third kappa shape index (κ3) is 3.20. The zero-order valence-electron chi connectivity index (χ0n) is 8.28. The second kappa shape index (κ2) is 3.54. The monoisotopic (exact) mass is 170 g/mol. The Labute approximate surface area is 73.0 Å². The van der Waals surface area contributed by atoms with Crippen LogP contribution in [0.2, 0.25) is 0 Å². The van der Waals surface area contributed by atoms with Crippen molar-refractivity contribution in [3.8, 4) is 0 Å². The first-order valence-corrected chi connectivity index (χ1v) is 4.47. The maximum absolute atomic E-state index is 3.91. The van der Waals surface area contributed by atoms with Crippen LogP contribution in [-0.4, -0.2) is 0 Å². The summed E-state index contributed by atoms with van der Waals surface area (Å²) >= 11 is 0. The standard InChI is InChI=1S/C10H19P/c1-7(2)9(11)8(3)10(4,5)6/h1,11H2,2-6H3/b9-8-. The molecule has 0 rings (SSSR count). The van der Waals surface area contributed by atoms with Crippen LogP contribution in [-0.2, 0) is 0 Å². The van der Waals surface area contributed by atoms with Crippen LogP contribution < -0.4 is 0 Å². The summed E-state index contributed by atoms with van der Waals surface area (Å²) in [5, 5.41) is 1.26. The predicted molar refractivity (Wildman–Crippen MR) is 56.7 cm³/mol. The van der Waals surface area contributed by atoms with E-state index in [2.05, 4.69) is 43.5 Å². The van der Waals surface area contributed by atoms with E-state index in [1.807, 2.05) is 6.92 Å². The van der Waals surface area contributed by atoms with Gasteiger partial charge in [-0.3, -0.25) is 0 Å². The molecule has 0 amide bonds. The molecule has 0 aromatic heterocycles. The normalized spacial score (nSPS) is 14.4. The van der Waals surface area contributed by atoms with Crippen molar-refractivity contribution in [3.63, 3.8) is 0 Å². The molecular weight excluding hydrogens is 151 g/mol. The number of hydrogen-bond acceptors (Lipinski definition) is 0. The van der Waals surface area contributed by atoms with Crippen molar-refractivity contribution in [2.75, 3.05) is 0 Å². The van der Waals surface area contributed by atoms with E-state index in [0.717, 1.165) is 5.57 Å². The Balaban J connectivity index is 4.82. The van der Waals surface area contributed by atoms with Gasteiger partial charge in [-0.05, 0) is 24.6 Å². The highest BCUT2D eigenvalue weighted by Crippen LogP contribution is 2.32. The molecule has 0 aliphatic rings. The third-order valence-electron chi connectivity index (χ3n) is 1.99. The lowest BCUT2D eigenvalue weighted by Gasteiger charge is -2.22. The van der Waals surface area contributed by atoms with Gasteiger partial charge in [0, 0.05) is 0 Å². The van der Waals surface area contributed by atoms with Gasteiger partial charge in [0.05, 0.1) is 0 Å². The first-order valence-electron chi connectivity index (χ1n) is 3.89. The van der Waals surface area contributed by atoms with Crippen LogP contribution in [0.3, 0.4) is 0 Å². The van der Waals surface area contributed by atoms with E-state index in [1.165, 1.54) is 10.9 Å². The van der Waals surface area contributed by atoms with Gasteiger partial charge in [-0.15, -0.1) is 9.24 Å². The molecule has 0 radical (unpaired) electrons. The molecule has 0 aliphatic heterocycles. The summed E-state index contributed by atoms with van der Waals surface area (Å²) in [5.41, 5.74) is 2.80. The number of hydrogen-bond donors (Lipinski definition) is 0. The topological polar surface area (TPSA) is 0 Å². The maximum Gasteiger partial charge on any atom is -0.0166 e. The molecule has 0 nitrogen and oxygen atoms in total. The van der Waals surface area contributed by atoms with Crippen molar-refractivity contribution in [3.05, 3.63) is 23.0 Å². The summed E-state index contributed by atoms with van der Waals surface area (Å²) in [5.74, 6) is 0. The van der Waals surface area contributed by atoms with Gasteiger partial charge in [-0.1, -0.05) is 38.5 Å². The molecule has 0 fully saturated rings. The lowest BCUT2D eigenvalue weighted by molar-refractivity contribution is 0.502. The van der Waals surface area contributed by atoms with E-state index < -0.39 is 0 Å². The van der Waals surface area contributed by atoms with Crippen LogP contribution >= 0.6 is 9.24 Å². The molecule has 0 saturated heterocycles. The van der Waals surface area contributed by atoms with E-state index in [-0.39, 0.29) is 5.41 Å². The Bertz CT molecular complexity index is 191. The van der Waals surface area contributed by atoms with Gasteiger partial charge in [-0.25, -0.2) is 0 Å². The van der Waals surface area contributed by atoms with Gasteiger partial charge >= 0.3 is 0 Å². The molecule has 0 saturated carbocycles. The maximum atomic E-state index is 3.91. The van der Waals surface area contributed by atoms with Crippen LogP contribution in [0, 0.1) is 5.41 Å². The second-order valence-corrected chi connectivity index (χ2v) is 4.65. The van der Waals surface area contributed by atoms with Gasteiger partial charge in [0.15, 0.2) is 0 Å². The highest BCUT2D eigenvalue weighted by molar-refractivity contribution is 7.23. The molecule has 0 aromatic carbocycles. The fraction of sp³-hybridized carbons (Fsp3) is 0.600. The Morgan fingerprint density at radius 3 is 1.64 bits per heavy atom. The van der Waals surface area contributed by atoms with Crippen molar-refractivity contribution < 1.29 is 0 Å². The Morgan fingerprint density at radius 2 is 1.55 bits per heavy atom. The molecule has 0 aliphatic carbocycles. The van der Waals surface area contributed by atoms with Crippen LogP contribution in [0.25, 0.3) is 0 Å². The minimum Gasteiger partial charge on any atom is -0.105 e. The Kier molecular flexibility index (Phi) is 3.51. The molecule has 11 heavy (non-hydrogen) atoms. The Morgan fingerprint density at radius 1 is 1.18 bits per heavy atom. The summed E-state index contributed by atoms with van der Waals surface area (Å²) in [7, 11) is 2.76. The molecular formula is C10H19P. The lowest BCUT2D eigenvalue weighted by atomic mass is 9.86. The van der Waals surface area contributed by atoms with E-state index in [4.69, 9.17) is 0 Å². The van der Waals surface area contributed by atoms with Crippen LogP contribution in [0.4, 0.5) is 0 Å². The minimum absolute atomic E-state index is 0.260. The second-order valence-electron chi connectivity index (χ2n) is 4.07. The fourth-order valence-electron chi connectivity index (χ4n) is 0.724. The van der Waals surface area contributed by atoms with Crippen LogP contribution in [0.15, 0.2) is 23.0 Å². The fourth-order valence-corrected chi connectivity index (χ4v) is 1.16. The van der Waals surface area contributed by atoms with Gasteiger partial charge in [0.1, 0.15) is 0 Å². The summed E-state index contributed by atoms with van der Waals surface area (Å²) in [4.78, 5) is 0. The predicted octanol–water partition coefficient (Wildman–Crippen LogP) is 3.76. The quantitative estimate of drug-likeness (QED) is 0.415. The molecule has 0 bridgehead atoms. The first kappa shape index (κ1) is 10.9. The average molecular weight is 170 g/mol. The van der Waals surface area contributed by atoms with Crippen molar-refractivity contribution >= 4 is 9.24 Å². The van der Waals surface area contributed by atoms with Crippen molar-refractivity contribution in [1.82, 2.24) is 0 Å². The summed E-state index contributed by atoms with van der Waals surface area (Å²) < 4.78 is 0. The van der Waals surface area contributed by atoms with E-state index >= 15 is 0 Å². The molecule has 0 N–H and O–H groups in total. The minimum atomic E-state index is 0.260. The van der Waals surface area contributed by atoms with Crippen molar-refractivity contribution in [2.45, 2.75) is 34.6 Å². The average Bonchev–Trinajstić information content (AvgIpc) is 1.82. The van der Waals surface area contributed by atoms with Crippen molar-refractivity contribution in [2.24, 2.45) is 5.41 Å².